The van der Waals surface area contributed by atoms with Crippen LogP contribution < -0.4 is 15.4 Å². The largest absolute Gasteiger partial charge is 0.492 e. The molecular weight excluding hydrogens is 348 g/mol. The van der Waals surface area contributed by atoms with Crippen molar-refractivity contribution in [3.8, 4) is 5.75 Å². The number of amides is 2. The third-order valence-electron chi connectivity index (χ3n) is 3.61. The first-order valence-electron chi connectivity index (χ1n) is 8.50. The molecule has 2 N–H and O–H groups in total. The van der Waals surface area contributed by atoms with Gasteiger partial charge in [-0.05, 0) is 45.0 Å². The van der Waals surface area contributed by atoms with E-state index in [1.807, 2.05) is 56.3 Å². The Hall–Kier alpha value is -2.47. The Labute approximate surface area is 158 Å². The van der Waals surface area contributed by atoms with Crippen molar-refractivity contribution in [1.82, 2.24) is 0 Å². The standard InChI is InChI=1S/C20H24N2O3S/c1-4-25-18-8-6-5-7-17(18)22-20(24)15(3)26-13-19(23)21-16-11-9-14(2)10-12-16/h5-12,15H,4,13H2,1-3H3,(H,21,23)(H,22,24)/t15-/m1/s1. The zero-order valence-electron chi connectivity index (χ0n) is 15.2. The molecule has 2 rings (SSSR count). The van der Waals surface area contributed by atoms with E-state index in [0.717, 1.165) is 11.3 Å². The summed E-state index contributed by atoms with van der Waals surface area (Å²) in [6.45, 7) is 6.19. The molecule has 0 heterocycles. The van der Waals surface area contributed by atoms with Crippen molar-refractivity contribution >= 4 is 35.0 Å². The molecule has 0 unspecified atom stereocenters. The molecule has 0 saturated carbocycles. The summed E-state index contributed by atoms with van der Waals surface area (Å²) in [6.07, 6.45) is 0. The van der Waals surface area contributed by atoms with Crippen molar-refractivity contribution in [3.63, 3.8) is 0 Å². The van der Waals surface area contributed by atoms with Crippen LogP contribution in [0, 0.1) is 6.92 Å². The molecule has 0 bridgehead atoms. The third kappa shape index (κ3) is 6.11. The molecule has 0 aliphatic rings. The van der Waals surface area contributed by atoms with Crippen LogP contribution in [0.3, 0.4) is 0 Å². The van der Waals surface area contributed by atoms with Crippen LogP contribution in [0.2, 0.25) is 0 Å². The molecule has 0 saturated heterocycles. The topological polar surface area (TPSA) is 67.4 Å². The third-order valence-corrected chi connectivity index (χ3v) is 4.76. The number of hydrogen-bond acceptors (Lipinski definition) is 4. The minimum atomic E-state index is -0.367. The number of carbonyl (C=O) groups excluding carboxylic acids is 2. The number of hydrogen-bond donors (Lipinski definition) is 2. The van der Waals surface area contributed by atoms with E-state index >= 15 is 0 Å². The lowest BCUT2D eigenvalue weighted by molar-refractivity contribution is -0.115. The average Bonchev–Trinajstić information content (AvgIpc) is 2.63. The second-order valence-corrected chi connectivity index (χ2v) is 7.11. The number of thioether (sulfide) groups is 1. The summed E-state index contributed by atoms with van der Waals surface area (Å²) in [5, 5.41) is 5.32. The molecule has 1 atom stereocenters. The molecule has 138 valence electrons. The zero-order chi connectivity index (χ0) is 18.9. The van der Waals surface area contributed by atoms with Crippen molar-refractivity contribution in [2.45, 2.75) is 26.0 Å². The van der Waals surface area contributed by atoms with Crippen molar-refractivity contribution in [2.24, 2.45) is 0 Å². The van der Waals surface area contributed by atoms with Crippen molar-refractivity contribution in [2.75, 3.05) is 23.0 Å². The molecule has 26 heavy (non-hydrogen) atoms. The van der Waals surface area contributed by atoms with Crippen LogP contribution in [0.15, 0.2) is 48.5 Å². The van der Waals surface area contributed by atoms with Crippen LogP contribution in [0.1, 0.15) is 19.4 Å². The van der Waals surface area contributed by atoms with Gasteiger partial charge in [-0.3, -0.25) is 9.59 Å². The maximum absolute atomic E-state index is 12.4. The molecule has 0 spiro atoms. The highest BCUT2D eigenvalue weighted by atomic mass is 32.2. The van der Waals surface area contributed by atoms with Gasteiger partial charge in [0.05, 0.1) is 23.3 Å². The van der Waals surface area contributed by atoms with Crippen molar-refractivity contribution < 1.29 is 14.3 Å². The molecule has 2 aromatic carbocycles. The normalized spacial score (nSPS) is 11.5. The fourth-order valence-electron chi connectivity index (χ4n) is 2.20. The van der Waals surface area contributed by atoms with Gasteiger partial charge in [0.2, 0.25) is 11.8 Å². The molecule has 0 aliphatic heterocycles. The first-order valence-corrected chi connectivity index (χ1v) is 9.55. The Kier molecular flexibility index (Phi) is 7.53. The van der Waals surface area contributed by atoms with E-state index in [4.69, 9.17) is 4.74 Å². The highest BCUT2D eigenvalue weighted by Crippen LogP contribution is 2.25. The van der Waals surface area contributed by atoms with Gasteiger partial charge >= 0.3 is 0 Å². The second-order valence-electron chi connectivity index (χ2n) is 5.79. The Morgan fingerprint density at radius 2 is 1.77 bits per heavy atom. The summed E-state index contributed by atoms with van der Waals surface area (Å²) in [6, 6.07) is 14.9. The number of nitrogens with one attached hydrogen (secondary N) is 2. The van der Waals surface area contributed by atoms with Gasteiger partial charge in [0.25, 0.3) is 0 Å². The van der Waals surface area contributed by atoms with E-state index in [2.05, 4.69) is 10.6 Å². The summed E-state index contributed by atoms with van der Waals surface area (Å²) in [4.78, 5) is 24.4. The monoisotopic (exact) mass is 372 g/mol. The first kappa shape index (κ1) is 19.8. The maximum Gasteiger partial charge on any atom is 0.237 e. The van der Waals surface area contributed by atoms with Gasteiger partial charge in [0, 0.05) is 5.69 Å². The van der Waals surface area contributed by atoms with Gasteiger partial charge in [-0.1, -0.05) is 29.8 Å². The first-order chi connectivity index (χ1) is 12.5. The SMILES string of the molecule is CCOc1ccccc1NC(=O)[C@@H](C)SCC(=O)Nc1ccc(C)cc1. The predicted molar refractivity (Wildman–Crippen MR) is 108 cm³/mol. The Morgan fingerprint density at radius 1 is 1.08 bits per heavy atom. The van der Waals surface area contributed by atoms with Crippen molar-refractivity contribution in [1.29, 1.82) is 0 Å². The predicted octanol–water partition coefficient (Wildman–Crippen LogP) is 4.09. The number of benzene rings is 2. The lowest BCUT2D eigenvalue weighted by atomic mass is 10.2. The van der Waals surface area contributed by atoms with Gasteiger partial charge in [-0.15, -0.1) is 11.8 Å². The number of ether oxygens (including phenoxy) is 1. The lowest BCUT2D eigenvalue weighted by Gasteiger charge is -2.14. The van der Waals surface area contributed by atoms with E-state index in [-0.39, 0.29) is 22.8 Å². The number of para-hydroxylation sites is 2. The van der Waals surface area contributed by atoms with Crippen LogP contribution in [-0.4, -0.2) is 29.4 Å². The van der Waals surface area contributed by atoms with Gasteiger partial charge in [0.15, 0.2) is 0 Å². The minimum absolute atomic E-state index is 0.131. The highest BCUT2D eigenvalue weighted by Gasteiger charge is 2.17. The Morgan fingerprint density at radius 3 is 2.46 bits per heavy atom. The summed E-state index contributed by atoms with van der Waals surface area (Å²) in [5.41, 5.74) is 2.52. The van der Waals surface area contributed by atoms with Gasteiger partial charge in [0.1, 0.15) is 5.75 Å². The zero-order valence-corrected chi connectivity index (χ0v) is 16.1. The molecule has 6 heteroatoms. The lowest BCUT2D eigenvalue weighted by Crippen LogP contribution is -2.25. The number of rotatable bonds is 8. The van der Waals surface area contributed by atoms with Gasteiger partial charge in [-0.25, -0.2) is 0 Å². The highest BCUT2D eigenvalue weighted by molar-refractivity contribution is 8.01. The fourth-order valence-corrected chi connectivity index (χ4v) is 2.88. The fraction of sp³-hybridized carbons (Fsp3) is 0.300. The van der Waals surface area contributed by atoms with Crippen LogP contribution in [0.4, 0.5) is 11.4 Å². The van der Waals surface area contributed by atoms with Crippen LogP contribution in [-0.2, 0) is 9.59 Å². The summed E-state index contributed by atoms with van der Waals surface area (Å²) in [5.74, 6) is 0.548. The van der Waals surface area contributed by atoms with Crippen LogP contribution >= 0.6 is 11.8 Å². The van der Waals surface area contributed by atoms with E-state index in [1.165, 1.54) is 11.8 Å². The summed E-state index contributed by atoms with van der Waals surface area (Å²) < 4.78 is 5.50. The van der Waals surface area contributed by atoms with E-state index in [0.29, 0.717) is 18.0 Å². The molecule has 5 nitrogen and oxygen atoms in total. The van der Waals surface area contributed by atoms with Gasteiger partial charge < -0.3 is 15.4 Å². The number of aryl methyl sites for hydroxylation is 1. The Balaban J connectivity index is 1.83. The number of carbonyl (C=O) groups is 2. The molecule has 0 aromatic heterocycles. The molecule has 0 fully saturated rings. The smallest absolute Gasteiger partial charge is 0.237 e. The van der Waals surface area contributed by atoms with Crippen molar-refractivity contribution in [3.05, 3.63) is 54.1 Å². The summed E-state index contributed by atoms with van der Waals surface area (Å²) in [7, 11) is 0. The van der Waals surface area contributed by atoms with E-state index in [9.17, 15) is 9.59 Å². The van der Waals surface area contributed by atoms with E-state index in [1.54, 1.807) is 13.0 Å². The second kappa shape index (κ2) is 9.87. The molecule has 2 amide bonds. The summed E-state index contributed by atoms with van der Waals surface area (Å²) >= 11 is 1.29. The van der Waals surface area contributed by atoms with E-state index < -0.39 is 0 Å². The van der Waals surface area contributed by atoms with Crippen LogP contribution in [0.5, 0.6) is 5.75 Å². The molecule has 0 aliphatic carbocycles. The van der Waals surface area contributed by atoms with Gasteiger partial charge in [-0.2, -0.15) is 0 Å². The number of anilines is 2. The maximum atomic E-state index is 12.4. The molecular formula is C20H24N2O3S. The quantitative estimate of drug-likeness (QED) is 0.732. The average molecular weight is 372 g/mol. The minimum Gasteiger partial charge on any atom is -0.492 e. The van der Waals surface area contributed by atoms with Crippen LogP contribution in [0.25, 0.3) is 0 Å². The Bertz CT molecular complexity index is 747. The molecule has 2 aromatic rings. The molecule has 0 radical (unpaired) electrons.